The Morgan fingerprint density at radius 1 is 1.16 bits per heavy atom. The number of hydrogen-bond acceptors (Lipinski definition) is 2. The molecular formula is C15H15N3S+2. The molecule has 3 nitrogen and oxygen atoms in total. The zero-order valence-electron chi connectivity index (χ0n) is 10.5. The highest BCUT2D eigenvalue weighted by Crippen LogP contribution is 2.33. The van der Waals surface area contributed by atoms with Crippen molar-refractivity contribution in [1.29, 1.82) is 5.26 Å². The highest BCUT2D eigenvalue weighted by Gasteiger charge is 2.26. The van der Waals surface area contributed by atoms with Crippen molar-refractivity contribution in [3.05, 3.63) is 41.3 Å². The molecule has 2 heterocycles. The van der Waals surface area contributed by atoms with Gasteiger partial charge in [-0.05, 0) is 24.8 Å². The predicted molar refractivity (Wildman–Crippen MR) is 73.6 cm³/mol. The first kappa shape index (κ1) is 12.2. The Morgan fingerprint density at radius 2 is 1.89 bits per heavy atom. The molecule has 0 atom stereocenters. The summed E-state index contributed by atoms with van der Waals surface area (Å²) in [5.41, 5.74) is 5.30. The third-order valence-corrected chi connectivity index (χ3v) is 3.98. The maximum atomic E-state index is 9.44. The minimum absolute atomic E-state index is 0.648. The Kier molecular flexibility index (Phi) is 3.22. The highest BCUT2D eigenvalue weighted by atomic mass is 32.1. The first-order valence-corrected chi connectivity index (χ1v) is 6.92. The fraction of sp³-hybridized carbons (Fsp3) is 0.267. The van der Waals surface area contributed by atoms with Gasteiger partial charge >= 0.3 is 0 Å². The van der Waals surface area contributed by atoms with Gasteiger partial charge in [0.1, 0.15) is 11.6 Å². The third kappa shape index (κ3) is 2.11. The Labute approximate surface area is 117 Å². The molecule has 19 heavy (non-hydrogen) atoms. The minimum atomic E-state index is 0.648. The summed E-state index contributed by atoms with van der Waals surface area (Å²) in [6, 6.07) is 6.32. The molecule has 1 aliphatic carbocycles. The van der Waals surface area contributed by atoms with Crippen LogP contribution in [0.2, 0.25) is 0 Å². The van der Waals surface area contributed by atoms with Crippen molar-refractivity contribution in [2.24, 2.45) is 0 Å². The number of rotatable bonds is 1. The molecule has 4 heteroatoms. The largest absolute Gasteiger partial charge is 0.254 e. The van der Waals surface area contributed by atoms with Crippen LogP contribution in [0.15, 0.2) is 29.6 Å². The van der Waals surface area contributed by atoms with Crippen LogP contribution in [-0.4, -0.2) is 0 Å². The molecule has 1 aliphatic rings. The van der Waals surface area contributed by atoms with Gasteiger partial charge in [-0.3, -0.25) is 0 Å². The Bertz CT molecular complexity index is 659. The van der Waals surface area contributed by atoms with Crippen molar-refractivity contribution in [2.45, 2.75) is 30.7 Å². The van der Waals surface area contributed by atoms with Gasteiger partial charge in [0.2, 0.25) is 0 Å². The zero-order chi connectivity index (χ0) is 13.2. The molecule has 0 unspecified atom stereocenters. The maximum absolute atomic E-state index is 9.44. The summed E-state index contributed by atoms with van der Waals surface area (Å²) in [7, 11) is 0. The van der Waals surface area contributed by atoms with E-state index >= 15 is 0 Å². The van der Waals surface area contributed by atoms with E-state index in [1.807, 2.05) is 24.5 Å². The van der Waals surface area contributed by atoms with E-state index in [0.29, 0.717) is 10.6 Å². The van der Waals surface area contributed by atoms with Gasteiger partial charge in [0.25, 0.3) is 5.03 Å². The van der Waals surface area contributed by atoms with Gasteiger partial charge in [0.05, 0.1) is 0 Å². The van der Waals surface area contributed by atoms with Gasteiger partial charge in [0, 0.05) is 29.7 Å². The fourth-order valence-electron chi connectivity index (χ4n) is 2.77. The molecule has 0 spiro atoms. The summed E-state index contributed by atoms with van der Waals surface area (Å²) in [4.78, 5) is 6.32. The van der Waals surface area contributed by atoms with Gasteiger partial charge in [-0.15, -0.1) is 0 Å². The van der Waals surface area contributed by atoms with Gasteiger partial charge in [-0.1, -0.05) is 12.6 Å². The molecule has 94 valence electrons. The minimum Gasteiger partial charge on any atom is -0.218 e. The molecule has 2 aromatic heterocycles. The number of H-pyrrole nitrogens is 2. The van der Waals surface area contributed by atoms with E-state index in [1.165, 1.54) is 24.1 Å². The van der Waals surface area contributed by atoms with Gasteiger partial charge in [0.15, 0.2) is 18.1 Å². The van der Waals surface area contributed by atoms with Crippen molar-refractivity contribution in [2.75, 3.05) is 0 Å². The number of fused-ring (bicyclic) bond motifs is 1. The van der Waals surface area contributed by atoms with Gasteiger partial charge < -0.3 is 0 Å². The summed E-state index contributed by atoms with van der Waals surface area (Å²) in [6.07, 6.45) is 8.23. The molecule has 0 bridgehead atoms. The standard InChI is InChI=1S/C15H13N3S/c16-9-12-14(10-5-7-17-8-6-10)11-3-1-2-4-13(11)18-15(12)19/h5-8H,1-4H2,(H,18,19)/p+2. The molecule has 3 rings (SSSR count). The molecule has 2 aromatic rings. The molecule has 0 radical (unpaired) electrons. The van der Waals surface area contributed by atoms with Crippen LogP contribution < -0.4 is 9.97 Å². The third-order valence-electron chi connectivity index (χ3n) is 3.64. The van der Waals surface area contributed by atoms with Crippen molar-refractivity contribution in [1.82, 2.24) is 0 Å². The topological polar surface area (TPSA) is 52.1 Å². The molecule has 0 aromatic carbocycles. The number of thiol groups is 1. The lowest BCUT2D eigenvalue weighted by atomic mass is 9.87. The average molecular weight is 269 g/mol. The lowest BCUT2D eigenvalue weighted by Gasteiger charge is -2.16. The number of aryl methyl sites for hydroxylation is 1. The van der Waals surface area contributed by atoms with Crippen LogP contribution in [0.4, 0.5) is 0 Å². The van der Waals surface area contributed by atoms with E-state index < -0.39 is 0 Å². The summed E-state index contributed by atoms with van der Waals surface area (Å²) >= 11 is 4.45. The molecular weight excluding hydrogens is 254 g/mol. The number of hydrogen-bond donors (Lipinski definition) is 1. The summed E-state index contributed by atoms with van der Waals surface area (Å²) in [5.74, 6) is 0. The van der Waals surface area contributed by atoms with E-state index in [9.17, 15) is 5.26 Å². The average Bonchev–Trinajstić information content (AvgIpc) is 2.46. The lowest BCUT2D eigenvalue weighted by molar-refractivity contribution is -0.438. The number of nitrogens with zero attached hydrogens (tertiary/aromatic N) is 1. The van der Waals surface area contributed by atoms with Crippen LogP contribution >= 0.6 is 12.6 Å². The van der Waals surface area contributed by atoms with Crippen LogP contribution in [0.3, 0.4) is 0 Å². The molecule has 0 saturated carbocycles. The van der Waals surface area contributed by atoms with E-state index in [1.54, 1.807) is 0 Å². The van der Waals surface area contributed by atoms with E-state index in [4.69, 9.17) is 0 Å². The quantitative estimate of drug-likeness (QED) is 0.791. The second-order valence-corrected chi connectivity index (χ2v) is 5.24. The van der Waals surface area contributed by atoms with Crippen molar-refractivity contribution in [3.8, 4) is 17.2 Å². The predicted octanol–water partition coefficient (Wildman–Crippen LogP) is 2.02. The summed E-state index contributed by atoms with van der Waals surface area (Å²) in [6.45, 7) is 0. The van der Waals surface area contributed by atoms with E-state index in [0.717, 1.165) is 24.0 Å². The number of pyridine rings is 2. The normalized spacial score (nSPS) is 13.7. The van der Waals surface area contributed by atoms with Crippen molar-refractivity contribution in [3.63, 3.8) is 0 Å². The van der Waals surface area contributed by atoms with E-state index in [2.05, 4.69) is 28.7 Å². The fourth-order valence-corrected chi connectivity index (χ4v) is 3.07. The van der Waals surface area contributed by atoms with E-state index in [-0.39, 0.29) is 0 Å². The first-order valence-electron chi connectivity index (χ1n) is 6.48. The number of aromatic nitrogens is 2. The Hall–Kier alpha value is -1.86. The second-order valence-electron chi connectivity index (χ2n) is 4.79. The van der Waals surface area contributed by atoms with Crippen LogP contribution in [0.25, 0.3) is 11.1 Å². The van der Waals surface area contributed by atoms with Gasteiger partial charge in [-0.25, -0.2) is 9.97 Å². The SMILES string of the molecule is N#Cc1c(S)[nH+]c2c(c1-c1cc[nH+]cc1)CCCC2. The molecule has 0 aliphatic heterocycles. The summed E-state index contributed by atoms with van der Waals surface area (Å²) < 4.78 is 0. The zero-order valence-corrected chi connectivity index (χ0v) is 11.4. The molecule has 0 saturated heterocycles. The van der Waals surface area contributed by atoms with Crippen LogP contribution in [0.1, 0.15) is 29.7 Å². The number of aromatic amines is 2. The van der Waals surface area contributed by atoms with Crippen molar-refractivity contribution >= 4 is 12.6 Å². The van der Waals surface area contributed by atoms with Crippen LogP contribution in [0.5, 0.6) is 0 Å². The Morgan fingerprint density at radius 3 is 2.63 bits per heavy atom. The Balaban J connectivity index is 2.32. The lowest BCUT2D eigenvalue weighted by Crippen LogP contribution is -2.22. The highest BCUT2D eigenvalue weighted by molar-refractivity contribution is 7.80. The van der Waals surface area contributed by atoms with Crippen LogP contribution in [-0.2, 0) is 12.8 Å². The molecule has 2 N–H and O–H groups in total. The first-order chi connectivity index (χ1) is 9.31. The van der Waals surface area contributed by atoms with Crippen LogP contribution in [0, 0.1) is 11.3 Å². The number of nitriles is 1. The summed E-state index contributed by atoms with van der Waals surface area (Å²) in [5, 5.41) is 10.1. The second kappa shape index (κ2) is 5.02. The van der Waals surface area contributed by atoms with Crippen molar-refractivity contribution < 1.29 is 9.97 Å². The number of nitrogens with one attached hydrogen (secondary N) is 2. The smallest absolute Gasteiger partial charge is 0.218 e. The molecule has 0 amide bonds. The van der Waals surface area contributed by atoms with Gasteiger partial charge in [-0.2, -0.15) is 5.26 Å². The maximum Gasteiger partial charge on any atom is 0.254 e. The monoisotopic (exact) mass is 269 g/mol. The molecule has 0 fully saturated rings.